The summed E-state index contributed by atoms with van der Waals surface area (Å²) < 4.78 is 35.8. The summed E-state index contributed by atoms with van der Waals surface area (Å²) in [5.41, 5.74) is 1.61. The van der Waals surface area contributed by atoms with Crippen molar-refractivity contribution in [2.45, 2.75) is 13.3 Å². The van der Waals surface area contributed by atoms with Crippen molar-refractivity contribution in [3.63, 3.8) is 0 Å². The Kier molecular flexibility index (Phi) is 6.65. The maximum atomic E-state index is 13.7. The lowest BCUT2D eigenvalue weighted by molar-refractivity contribution is 0.0726. The molecule has 2 aromatic carbocycles. The second-order valence-corrected chi connectivity index (χ2v) is 9.02. The molecule has 1 heterocycles. The lowest BCUT2D eigenvalue weighted by Crippen LogP contribution is -2.42. The van der Waals surface area contributed by atoms with Crippen LogP contribution in [0.5, 0.6) is 0 Å². The second kappa shape index (κ2) is 8.43. The van der Waals surface area contributed by atoms with Crippen LogP contribution < -0.4 is 9.80 Å². The molecular weight excluding hydrogens is 606 g/mol. The predicted molar refractivity (Wildman–Crippen MR) is 114 cm³/mol. The smallest absolute Gasteiger partial charge is 0.210 e. The van der Waals surface area contributed by atoms with E-state index >= 15 is 0 Å². The zero-order valence-electron chi connectivity index (χ0n) is 13.6. The molecule has 0 aromatic heterocycles. The van der Waals surface area contributed by atoms with Gasteiger partial charge in [-0.3, -0.25) is 0 Å². The summed E-state index contributed by atoms with van der Waals surface area (Å²) in [6, 6.07) is 5.70. The van der Waals surface area contributed by atoms with Gasteiger partial charge in [-0.05, 0) is 94.9 Å². The Morgan fingerprint density at radius 1 is 0.846 bits per heavy atom. The maximum Gasteiger partial charge on any atom is 0.210 e. The molecule has 3 nitrogen and oxygen atoms in total. The van der Waals surface area contributed by atoms with Crippen LogP contribution in [0.25, 0.3) is 0 Å². The lowest BCUT2D eigenvalue weighted by atomic mass is 10.3. The van der Waals surface area contributed by atoms with Crippen molar-refractivity contribution in [2.75, 3.05) is 29.5 Å². The highest BCUT2D eigenvalue weighted by Crippen LogP contribution is 2.43. The summed E-state index contributed by atoms with van der Waals surface area (Å²) in [6.45, 7) is 3.72. The molecule has 26 heavy (non-hydrogen) atoms. The third-order valence-corrected chi connectivity index (χ3v) is 6.39. The molecule has 1 aliphatic heterocycles. The fourth-order valence-corrected chi connectivity index (χ4v) is 6.17. The van der Waals surface area contributed by atoms with Crippen molar-refractivity contribution in [3.8, 4) is 0 Å². The highest BCUT2D eigenvalue weighted by molar-refractivity contribution is 9.11. The average Bonchev–Trinajstić information content (AvgIpc) is 2.89. The molecule has 1 fully saturated rings. The molecule has 1 saturated heterocycles. The normalized spacial score (nSPS) is 15.2. The highest BCUT2D eigenvalue weighted by Gasteiger charge is 2.36. The van der Waals surface area contributed by atoms with E-state index in [0.717, 1.165) is 11.4 Å². The summed E-state index contributed by atoms with van der Waals surface area (Å²) in [5, 5.41) is 0. The van der Waals surface area contributed by atoms with Gasteiger partial charge < -0.3 is 14.5 Å². The molecule has 140 valence electrons. The molecule has 3 rings (SSSR count). The van der Waals surface area contributed by atoms with E-state index in [9.17, 15) is 8.78 Å². The van der Waals surface area contributed by atoms with Gasteiger partial charge in [0, 0.05) is 37.6 Å². The van der Waals surface area contributed by atoms with Crippen molar-refractivity contribution >= 4 is 75.1 Å². The van der Waals surface area contributed by atoms with Crippen LogP contribution in [0.15, 0.2) is 42.2 Å². The van der Waals surface area contributed by atoms with Crippen LogP contribution in [0.1, 0.15) is 6.92 Å². The molecular formula is C17H14Br4F2N2O. The SMILES string of the molecule is CCOC1N(c2c(Br)cc(F)cc2Br)CCN1c1c(Br)cc(F)cc1Br. The van der Waals surface area contributed by atoms with E-state index in [-0.39, 0.29) is 11.6 Å². The molecule has 0 radical (unpaired) electrons. The van der Waals surface area contributed by atoms with E-state index in [4.69, 9.17) is 4.74 Å². The molecule has 0 spiro atoms. The van der Waals surface area contributed by atoms with Gasteiger partial charge >= 0.3 is 0 Å². The Hall–Kier alpha value is -0.220. The number of hydrogen-bond donors (Lipinski definition) is 0. The Bertz CT molecular complexity index is 725. The summed E-state index contributed by atoms with van der Waals surface area (Å²) in [6.07, 6.45) is -0.420. The van der Waals surface area contributed by atoms with Gasteiger partial charge in [0.15, 0.2) is 0 Å². The maximum absolute atomic E-state index is 13.7. The molecule has 9 heteroatoms. The zero-order valence-corrected chi connectivity index (χ0v) is 19.9. The van der Waals surface area contributed by atoms with Gasteiger partial charge in [0.25, 0.3) is 0 Å². The molecule has 0 aliphatic carbocycles. The fourth-order valence-electron chi connectivity index (χ4n) is 3.00. The minimum atomic E-state index is -0.420. The monoisotopic (exact) mass is 616 g/mol. The van der Waals surface area contributed by atoms with Crippen LogP contribution in [0.4, 0.5) is 20.2 Å². The summed E-state index contributed by atoms with van der Waals surface area (Å²) in [7, 11) is 0. The third-order valence-electron chi connectivity index (χ3n) is 3.97. The van der Waals surface area contributed by atoms with Crippen molar-refractivity contribution in [1.29, 1.82) is 0 Å². The number of anilines is 2. The fraction of sp³-hybridized carbons (Fsp3) is 0.294. The first kappa shape index (κ1) is 20.5. The Labute approximate surface area is 184 Å². The van der Waals surface area contributed by atoms with Crippen LogP contribution in [0.2, 0.25) is 0 Å². The van der Waals surface area contributed by atoms with Gasteiger partial charge in [-0.1, -0.05) is 0 Å². The van der Waals surface area contributed by atoms with Gasteiger partial charge in [-0.15, -0.1) is 0 Å². The van der Waals surface area contributed by atoms with Crippen LogP contribution in [0.3, 0.4) is 0 Å². The number of hydrogen-bond acceptors (Lipinski definition) is 3. The average molecular weight is 620 g/mol. The molecule has 0 amide bonds. The molecule has 0 N–H and O–H groups in total. The summed E-state index contributed by atoms with van der Waals surface area (Å²) in [4.78, 5) is 4.08. The Balaban J connectivity index is 2.05. The number of halogens is 6. The minimum Gasteiger partial charge on any atom is -0.341 e. The largest absolute Gasteiger partial charge is 0.341 e. The quantitative estimate of drug-likeness (QED) is 0.381. The van der Waals surface area contributed by atoms with Crippen LogP contribution in [0, 0.1) is 11.6 Å². The van der Waals surface area contributed by atoms with E-state index in [1.807, 2.05) is 16.7 Å². The molecule has 1 aliphatic rings. The van der Waals surface area contributed by atoms with E-state index in [1.54, 1.807) is 0 Å². The van der Waals surface area contributed by atoms with E-state index in [1.165, 1.54) is 24.3 Å². The van der Waals surface area contributed by atoms with Gasteiger partial charge in [-0.2, -0.15) is 0 Å². The third kappa shape index (κ3) is 3.97. The first-order valence-corrected chi connectivity index (χ1v) is 10.9. The molecule has 0 bridgehead atoms. The van der Waals surface area contributed by atoms with Crippen molar-refractivity contribution < 1.29 is 13.5 Å². The van der Waals surface area contributed by atoms with Gasteiger partial charge in [0.1, 0.15) is 11.6 Å². The Morgan fingerprint density at radius 2 is 1.19 bits per heavy atom. The molecule has 0 atom stereocenters. The Morgan fingerprint density at radius 3 is 1.50 bits per heavy atom. The van der Waals surface area contributed by atoms with Crippen molar-refractivity contribution in [1.82, 2.24) is 0 Å². The summed E-state index contributed by atoms with van der Waals surface area (Å²) >= 11 is 13.8. The number of benzene rings is 2. The van der Waals surface area contributed by atoms with E-state index in [2.05, 4.69) is 63.7 Å². The minimum absolute atomic E-state index is 0.333. The standard InChI is InChI=1S/C17H14Br4F2N2O/c1-2-26-17-24(15-11(18)5-9(22)6-12(15)19)3-4-25(17)16-13(20)7-10(23)8-14(16)21/h5-8,17H,2-4H2,1H3. The van der Waals surface area contributed by atoms with Crippen LogP contribution >= 0.6 is 63.7 Å². The van der Waals surface area contributed by atoms with Crippen LogP contribution in [-0.2, 0) is 4.74 Å². The van der Waals surface area contributed by atoms with Crippen molar-refractivity contribution in [2.24, 2.45) is 0 Å². The van der Waals surface area contributed by atoms with Crippen molar-refractivity contribution in [3.05, 3.63) is 53.8 Å². The predicted octanol–water partition coefficient (Wildman–Crippen LogP) is 6.66. The second-order valence-electron chi connectivity index (χ2n) is 5.60. The lowest BCUT2D eigenvalue weighted by Gasteiger charge is -2.34. The number of nitrogens with zero attached hydrogens (tertiary/aromatic N) is 2. The van der Waals surface area contributed by atoms with E-state index in [0.29, 0.717) is 37.6 Å². The topological polar surface area (TPSA) is 15.7 Å². The number of rotatable bonds is 4. The van der Waals surface area contributed by atoms with Crippen LogP contribution in [-0.4, -0.2) is 26.0 Å². The first-order chi connectivity index (χ1) is 12.3. The molecule has 0 unspecified atom stereocenters. The molecule has 2 aromatic rings. The van der Waals surface area contributed by atoms with Gasteiger partial charge in [0.2, 0.25) is 6.35 Å². The van der Waals surface area contributed by atoms with E-state index < -0.39 is 6.35 Å². The first-order valence-electron chi connectivity index (χ1n) is 7.77. The van der Waals surface area contributed by atoms with Gasteiger partial charge in [0.05, 0.1) is 11.4 Å². The summed E-state index contributed by atoms with van der Waals surface area (Å²) in [5.74, 6) is -0.666. The zero-order chi connectivity index (χ0) is 19.0. The highest BCUT2D eigenvalue weighted by atomic mass is 79.9. The number of ether oxygens (including phenoxy) is 1. The molecule has 0 saturated carbocycles. The van der Waals surface area contributed by atoms with Gasteiger partial charge in [-0.25, -0.2) is 8.78 Å².